The molecule has 3 fully saturated rings. The monoisotopic (exact) mass is 537 g/mol. The summed E-state index contributed by atoms with van der Waals surface area (Å²) < 4.78 is 6.79. The number of hydrogen-bond donors (Lipinski definition) is 1. The predicted octanol–water partition coefficient (Wildman–Crippen LogP) is 3.56. The van der Waals surface area contributed by atoms with Gasteiger partial charge in [0.05, 0.1) is 17.4 Å². The van der Waals surface area contributed by atoms with Crippen LogP contribution in [-0.2, 0) is 19.1 Å². The average Bonchev–Trinajstić information content (AvgIpc) is 3.48. The minimum Gasteiger partial charge on any atom is -0.396 e. The number of carbonyl (C=O) groups excluding carboxylic acids is 3. The number of nitrogens with zero attached hydrogens (tertiary/aromatic N) is 3. The fourth-order valence-electron chi connectivity index (χ4n) is 6.97. The van der Waals surface area contributed by atoms with E-state index in [0.29, 0.717) is 45.3 Å². The quantitative estimate of drug-likeness (QED) is 0.307. The van der Waals surface area contributed by atoms with Gasteiger partial charge in [-0.05, 0) is 65.0 Å². The normalized spacial score (nSPS) is 29.0. The van der Waals surface area contributed by atoms with Crippen molar-refractivity contribution in [3.63, 3.8) is 0 Å². The molecule has 3 aliphatic heterocycles. The highest BCUT2D eigenvalue weighted by Gasteiger charge is 2.78. The summed E-state index contributed by atoms with van der Waals surface area (Å²) in [6.07, 6.45) is 6.54. The summed E-state index contributed by atoms with van der Waals surface area (Å²) >= 11 is 0. The fraction of sp³-hybridized carbons (Fsp3) is 0.581. The number of fused-ring (bicyclic) bond motifs is 1. The van der Waals surface area contributed by atoms with Gasteiger partial charge in [-0.1, -0.05) is 30.4 Å². The van der Waals surface area contributed by atoms with Crippen molar-refractivity contribution >= 4 is 23.4 Å². The summed E-state index contributed by atoms with van der Waals surface area (Å²) in [6.45, 7) is 14.6. The van der Waals surface area contributed by atoms with Crippen LogP contribution < -0.4 is 4.90 Å². The van der Waals surface area contributed by atoms with Gasteiger partial charge in [-0.2, -0.15) is 0 Å². The molecule has 1 spiro atoms. The molecule has 4 rings (SSSR count). The van der Waals surface area contributed by atoms with Gasteiger partial charge >= 0.3 is 0 Å². The Morgan fingerprint density at radius 2 is 1.79 bits per heavy atom. The zero-order chi connectivity index (χ0) is 28.4. The van der Waals surface area contributed by atoms with Crippen molar-refractivity contribution in [2.24, 2.45) is 11.8 Å². The van der Waals surface area contributed by atoms with Gasteiger partial charge in [0.15, 0.2) is 0 Å². The first-order valence-corrected chi connectivity index (χ1v) is 14.2. The molecular weight excluding hydrogens is 494 g/mol. The molecule has 8 heteroatoms. The van der Waals surface area contributed by atoms with Crippen molar-refractivity contribution in [3.05, 3.63) is 55.6 Å². The molecule has 0 aromatic heterocycles. The molecule has 39 heavy (non-hydrogen) atoms. The van der Waals surface area contributed by atoms with Crippen LogP contribution in [0.5, 0.6) is 0 Å². The number of para-hydroxylation sites is 1. The number of carbonyl (C=O) groups is 3. The van der Waals surface area contributed by atoms with Crippen LogP contribution in [-0.4, -0.2) is 82.2 Å². The van der Waals surface area contributed by atoms with E-state index in [1.54, 1.807) is 26.9 Å². The molecule has 8 nitrogen and oxygen atoms in total. The third kappa shape index (κ3) is 4.93. The van der Waals surface area contributed by atoms with E-state index < -0.39 is 29.1 Å². The number of amides is 3. The SMILES string of the molecule is C=CCN(C(=O)[C@@H]1[C@H]2C(=O)N(CCCCCO)C(C(=O)N(CC=C)C(C)C)C23CC[C@@]1(C)O3)c1ccccc1. The molecule has 1 aromatic carbocycles. The minimum atomic E-state index is -1.06. The zero-order valence-corrected chi connectivity index (χ0v) is 23.6. The molecule has 3 aliphatic rings. The number of likely N-dealkylation sites (tertiary alicyclic amines) is 1. The maximum absolute atomic E-state index is 14.3. The summed E-state index contributed by atoms with van der Waals surface area (Å²) in [6, 6.07) is 8.50. The topological polar surface area (TPSA) is 90.4 Å². The van der Waals surface area contributed by atoms with Gasteiger partial charge in [-0.15, -0.1) is 13.2 Å². The van der Waals surface area contributed by atoms with Crippen LogP contribution in [0.3, 0.4) is 0 Å². The molecule has 0 aliphatic carbocycles. The second-order valence-corrected chi connectivity index (χ2v) is 11.5. The number of unbranched alkanes of at least 4 members (excludes halogenated alkanes) is 2. The molecule has 212 valence electrons. The number of ether oxygens (including phenoxy) is 1. The number of rotatable bonds is 13. The summed E-state index contributed by atoms with van der Waals surface area (Å²) in [5.74, 6) is -1.99. The number of anilines is 1. The van der Waals surface area contributed by atoms with Crippen molar-refractivity contribution in [1.82, 2.24) is 9.80 Å². The van der Waals surface area contributed by atoms with Gasteiger partial charge in [-0.25, -0.2) is 0 Å². The van der Waals surface area contributed by atoms with Gasteiger partial charge in [0.2, 0.25) is 17.7 Å². The largest absolute Gasteiger partial charge is 0.396 e. The summed E-state index contributed by atoms with van der Waals surface area (Å²) in [7, 11) is 0. The maximum atomic E-state index is 14.3. The lowest BCUT2D eigenvalue weighted by molar-refractivity contribution is -0.152. The molecular formula is C31H43N3O5. The standard InChI is InChI=1S/C31H43N3O5/c1-6-18-32(22(3)4)29(38)26-31-17-16-30(5,39-31)24(25(31)28(37)34(26)20-12-9-13-21-35)27(36)33(19-7-2)23-14-10-8-11-15-23/h6-8,10-11,14-15,22,24-26,35H,1-2,9,12-13,16-21H2,3-5H3/t24-,25-,26?,30+,31?/m0/s1. The molecule has 1 aromatic rings. The molecule has 3 amide bonds. The molecule has 1 N–H and O–H groups in total. The smallest absolute Gasteiger partial charge is 0.248 e. The van der Waals surface area contributed by atoms with E-state index in [2.05, 4.69) is 13.2 Å². The van der Waals surface area contributed by atoms with Gasteiger partial charge in [0, 0.05) is 38.0 Å². The van der Waals surface area contributed by atoms with Crippen molar-refractivity contribution in [1.29, 1.82) is 0 Å². The highest BCUT2D eigenvalue weighted by Crippen LogP contribution is 2.63. The number of aliphatic hydroxyl groups is 1. The van der Waals surface area contributed by atoms with Crippen LogP contribution in [0.2, 0.25) is 0 Å². The van der Waals surface area contributed by atoms with Crippen LogP contribution in [0.4, 0.5) is 5.69 Å². The van der Waals surface area contributed by atoms with Crippen LogP contribution >= 0.6 is 0 Å². The van der Waals surface area contributed by atoms with Crippen molar-refractivity contribution < 1.29 is 24.2 Å². The molecule has 3 saturated heterocycles. The molecule has 0 radical (unpaired) electrons. The Labute approximate surface area is 232 Å². The first-order valence-electron chi connectivity index (χ1n) is 14.2. The predicted molar refractivity (Wildman–Crippen MR) is 151 cm³/mol. The summed E-state index contributed by atoms with van der Waals surface area (Å²) in [5.41, 5.74) is -1.18. The first kappa shape index (κ1) is 29.0. The van der Waals surface area contributed by atoms with E-state index in [0.717, 1.165) is 12.1 Å². The lowest BCUT2D eigenvalue weighted by atomic mass is 9.66. The van der Waals surface area contributed by atoms with E-state index in [1.165, 1.54) is 0 Å². The van der Waals surface area contributed by atoms with Crippen molar-refractivity contribution in [2.45, 2.75) is 76.2 Å². The Hall–Kier alpha value is -2.97. The van der Waals surface area contributed by atoms with E-state index >= 15 is 0 Å². The minimum absolute atomic E-state index is 0.0833. The fourth-order valence-corrected chi connectivity index (χ4v) is 6.97. The van der Waals surface area contributed by atoms with Crippen molar-refractivity contribution in [2.75, 3.05) is 31.1 Å². The molecule has 2 unspecified atom stereocenters. The first-order chi connectivity index (χ1) is 18.7. The van der Waals surface area contributed by atoms with Gasteiger partial charge in [-0.3, -0.25) is 14.4 Å². The Balaban J connectivity index is 1.76. The van der Waals surface area contributed by atoms with Crippen LogP contribution in [0.1, 0.15) is 52.9 Å². The van der Waals surface area contributed by atoms with E-state index in [-0.39, 0.29) is 30.4 Å². The number of hydrogen-bond acceptors (Lipinski definition) is 5. The van der Waals surface area contributed by atoms with Gasteiger partial charge in [0.25, 0.3) is 0 Å². The van der Waals surface area contributed by atoms with E-state index in [9.17, 15) is 19.5 Å². The molecule has 5 atom stereocenters. The highest BCUT2D eigenvalue weighted by molar-refractivity contribution is 6.03. The third-order valence-corrected chi connectivity index (χ3v) is 8.71. The number of benzene rings is 1. The van der Waals surface area contributed by atoms with Crippen LogP contribution in [0.25, 0.3) is 0 Å². The Morgan fingerprint density at radius 1 is 1.10 bits per heavy atom. The second-order valence-electron chi connectivity index (χ2n) is 11.5. The molecule has 3 heterocycles. The van der Waals surface area contributed by atoms with Crippen LogP contribution in [0, 0.1) is 11.8 Å². The zero-order valence-electron chi connectivity index (χ0n) is 23.6. The summed E-state index contributed by atoms with van der Waals surface area (Å²) in [4.78, 5) is 48.0. The molecule has 2 bridgehead atoms. The lowest BCUT2D eigenvalue weighted by Gasteiger charge is -2.38. The van der Waals surface area contributed by atoms with E-state index in [4.69, 9.17) is 4.74 Å². The van der Waals surface area contributed by atoms with Gasteiger partial charge in [0.1, 0.15) is 11.6 Å². The Morgan fingerprint density at radius 3 is 2.41 bits per heavy atom. The molecule has 0 saturated carbocycles. The second kappa shape index (κ2) is 11.6. The van der Waals surface area contributed by atoms with Crippen molar-refractivity contribution in [3.8, 4) is 0 Å². The Kier molecular flexibility index (Phi) is 8.66. The van der Waals surface area contributed by atoms with E-state index in [1.807, 2.05) is 51.1 Å². The summed E-state index contributed by atoms with van der Waals surface area (Å²) in [5, 5.41) is 9.25. The van der Waals surface area contributed by atoms with Gasteiger partial charge < -0.3 is 24.5 Å². The third-order valence-electron chi connectivity index (χ3n) is 8.71. The average molecular weight is 538 g/mol. The maximum Gasteiger partial charge on any atom is 0.248 e. The highest BCUT2D eigenvalue weighted by atomic mass is 16.5. The number of aliphatic hydroxyl groups excluding tert-OH is 1. The lowest BCUT2D eigenvalue weighted by Crippen LogP contribution is -2.57. The Bertz CT molecular complexity index is 1090. The van der Waals surface area contributed by atoms with Crippen LogP contribution in [0.15, 0.2) is 55.6 Å².